The molecule has 0 aromatic heterocycles. The molecule has 25 heavy (non-hydrogen) atoms. The lowest BCUT2D eigenvalue weighted by atomic mass is 9.92. The SMILES string of the molecule is O=C(CC1CSCCN1)NCC(Cc1ccccc1)c1ccccc1. The highest BCUT2D eigenvalue weighted by Gasteiger charge is 2.18. The third kappa shape index (κ3) is 5.91. The molecule has 1 amide bonds. The predicted molar refractivity (Wildman–Crippen MR) is 106 cm³/mol. The van der Waals surface area contributed by atoms with Gasteiger partial charge in [0.15, 0.2) is 0 Å². The minimum absolute atomic E-state index is 0.147. The third-order valence-electron chi connectivity index (χ3n) is 4.57. The molecule has 2 N–H and O–H groups in total. The highest BCUT2D eigenvalue weighted by Crippen LogP contribution is 2.20. The van der Waals surface area contributed by atoms with Crippen molar-refractivity contribution in [1.82, 2.24) is 10.6 Å². The molecule has 1 aliphatic heterocycles. The molecule has 0 radical (unpaired) electrons. The van der Waals surface area contributed by atoms with E-state index in [1.807, 2.05) is 23.9 Å². The van der Waals surface area contributed by atoms with Crippen LogP contribution in [0.15, 0.2) is 60.7 Å². The smallest absolute Gasteiger partial charge is 0.221 e. The number of carbonyl (C=O) groups excluding carboxylic acids is 1. The topological polar surface area (TPSA) is 41.1 Å². The average Bonchev–Trinajstić information content (AvgIpc) is 2.67. The Labute approximate surface area is 154 Å². The lowest BCUT2D eigenvalue weighted by Gasteiger charge is -2.23. The van der Waals surface area contributed by atoms with E-state index in [0.29, 0.717) is 24.9 Å². The molecule has 1 heterocycles. The second-order valence-electron chi connectivity index (χ2n) is 6.53. The van der Waals surface area contributed by atoms with Gasteiger partial charge in [0.05, 0.1) is 0 Å². The number of rotatable bonds is 7. The van der Waals surface area contributed by atoms with Crippen molar-refractivity contribution in [3.8, 4) is 0 Å². The maximum Gasteiger partial charge on any atom is 0.221 e. The fraction of sp³-hybridized carbons (Fsp3) is 0.381. The zero-order valence-corrected chi connectivity index (χ0v) is 15.3. The molecule has 132 valence electrons. The lowest BCUT2D eigenvalue weighted by molar-refractivity contribution is -0.121. The fourth-order valence-corrected chi connectivity index (χ4v) is 4.16. The molecule has 0 aliphatic carbocycles. The molecule has 3 rings (SSSR count). The zero-order valence-electron chi connectivity index (χ0n) is 14.5. The first-order chi connectivity index (χ1) is 12.3. The van der Waals surface area contributed by atoms with Gasteiger partial charge in [0, 0.05) is 43.0 Å². The van der Waals surface area contributed by atoms with Gasteiger partial charge in [-0.2, -0.15) is 11.8 Å². The van der Waals surface area contributed by atoms with Crippen LogP contribution in [0.3, 0.4) is 0 Å². The Morgan fingerprint density at radius 2 is 1.84 bits per heavy atom. The van der Waals surface area contributed by atoms with E-state index in [0.717, 1.165) is 24.5 Å². The van der Waals surface area contributed by atoms with Crippen LogP contribution in [-0.4, -0.2) is 36.5 Å². The van der Waals surface area contributed by atoms with Gasteiger partial charge in [0.2, 0.25) is 5.91 Å². The Balaban J connectivity index is 1.58. The lowest BCUT2D eigenvalue weighted by Crippen LogP contribution is -2.42. The van der Waals surface area contributed by atoms with Crippen LogP contribution in [-0.2, 0) is 11.2 Å². The van der Waals surface area contributed by atoms with Gasteiger partial charge in [-0.3, -0.25) is 4.79 Å². The molecule has 2 aromatic carbocycles. The summed E-state index contributed by atoms with van der Waals surface area (Å²) in [6, 6.07) is 21.3. The molecule has 0 spiro atoms. The number of benzene rings is 2. The maximum absolute atomic E-state index is 12.3. The third-order valence-corrected chi connectivity index (χ3v) is 5.70. The molecular formula is C21H26N2OS. The first-order valence-corrected chi connectivity index (χ1v) is 10.1. The summed E-state index contributed by atoms with van der Waals surface area (Å²) in [5.74, 6) is 2.61. The van der Waals surface area contributed by atoms with E-state index in [9.17, 15) is 4.79 Å². The standard InChI is InChI=1S/C21H26N2OS/c24-21(14-20-16-25-12-11-22-20)23-15-19(18-9-5-2-6-10-18)13-17-7-3-1-4-8-17/h1-10,19-20,22H,11-16H2,(H,23,24). The van der Waals surface area contributed by atoms with E-state index in [2.05, 4.69) is 59.2 Å². The number of hydrogen-bond acceptors (Lipinski definition) is 3. The predicted octanol–water partition coefficient (Wildman–Crippen LogP) is 3.22. The van der Waals surface area contributed by atoms with Gasteiger partial charge >= 0.3 is 0 Å². The van der Waals surface area contributed by atoms with Gasteiger partial charge in [0.25, 0.3) is 0 Å². The van der Waals surface area contributed by atoms with Crippen LogP contribution in [0.5, 0.6) is 0 Å². The molecular weight excluding hydrogens is 328 g/mol. The second-order valence-corrected chi connectivity index (χ2v) is 7.68. The summed E-state index contributed by atoms with van der Waals surface area (Å²) >= 11 is 1.93. The number of nitrogens with one attached hydrogen (secondary N) is 2. The molecule has 2 unspecified atom stereocenters. The van der Waals surface area contributed by atoms with Crippen LogP contribution in [0.25, 0.3) is 0 Å². The van der Waals surface area contributed by atoms with E-state index in [-0.39, 0.29) is 5.91 Å². The van der Waals surface area contributed by atoms with Gasteiger partial charge in [-0.1, -0.05) is 60.7 Å². The van der Waals surface area contributed by atoms with Crippen molar-refractivity contribution in [3.63, 3.8) is 0 Å². The number of thioether (sulfide) groups is 1. The molecule has 2 atom stereocenters. The van der Waals surface area contributed by atoms with Crippen LogP contribution in [0, 0.1) is 0 Å². The Morgan fingerprint density at radius 1 is 1.12 bits per heavy atom. The minimum atomic E-state index is 0.147. The van der Waals surface area contributed by atoms with Crippen LogP contribution >= 0.6 is 11.8 Å². The normalized spacial score (nSPS) is 18.5. The summed E-state index contributed by atoms with van der Waals surface area (Å²) in [4.78, 5) is 12.3. The summed E-state index contributed by atoms with van der Waals surface area (Å²) in [5, 5.41) is 6.59. The summed E-state index contributed by atoms with van der Waals surface area (Å²) in [6.45, 7) is 1.68. The maximum atomic E-state index is 12.3. The van der Waals surface area contributed by atoms with E-state index in [1.54, 1.807) is 0 Å². The van der Waals surface area contributed by atoms with E-state index in [1.165, 1.54) is 11.1 Å². The number of amides is 1. The summed E-state index contributed by atoms with van der Waals surface area (Å²) in [7, 11) is 0. The number of hydrogen-bond donors (Lipinski definition) is 2. The monoisotopic (exact) mass is 354 g/mol. The van der Waals surface area contributed by atoms with Crippen molar-refractivity contribution in [3.05, 3.63) is 71.8 Å². The van der Waals surface area contributed by atoms with Gasteiger partial charge in [-0.15, -0.1) is 0 Å². The molecule has 0 bridgehead atoms. The summed E-state index contributed by atoms with van der Waals surface area (Å²) < 4.78 is 0. The molecule has 1 fully saturated rings. The summed E-state index contributed by atoms with van der Waals surface area (Å²) in [5.41, 5.74) is 2.58. The van der Waals surface area contributed by atoms with Gasteiger partial charge in [-0.05, 0) is 17.5 Å². The first-order valence-electron chi connectivity index (χ1n) is 8.98. The van der Waals surface area contributed by atoms with E-state index < -0.39 is 0 Å². The minimum Gasteiger partial charge on any atom is -0.355 e. The average molecular weight is 355 g/mol. The largest absolute Gasteiger partial charge is 0.355 e. The van der Waals surface area contributed by atoms with Crippen LogP contribution in [0.2, 0.25) is 0 Å². The molecule has 3 nitrogen and oxygen atoms in total. The molecule has 1 aliphatic rings. The Hall–Kier alpha value is -1.78. The fourth-order valence-electron chi connectivity index (χ4n) is 3.22. The highest BCUT2D eigenvalue weighted by atomic mass is 32.2. The highest BCUT2D eigenvalue weighted by molar-refractivity contribution is 7.99. The van der Waals surface area contributed by atoms with Gasteiger partial charge in [0.1, 0.15) is 0 Å². The quantitative estimate of drug-likeness (QED) is 0.802. The Morgan fingerprint density at radius 3 is 2.52 bits per heavy atom. The Bertz CT molecular complexity index is 641. The molecule has 0 saturated carbocycles. The van der Waals surface area contributed by atoms with E-state index >= 15 is 0 Å². The summed E-state index contributed by atoms with van der Waals surface area (Å²) in [6.07, 6.45) is 1.50. The van der Waals surface area contributed by atoms with Crippen LogP contribution in [0.4, 0.5) is 0 Å². The Kier molecular flexibility index (Phi) is 6.95. The number of carbonyl (C=O) groups is 1. The van der Waals surface area contributed by atoms with Crippen molar-refractivity contribution < 1.29 is 4.79 Å². The van der Waals surface area contributed by atoms with Crippen LogP contribution < -0.4 is 10.6 Å². The van der Waals surface area contributed by atoms with Gasteiger partial charge in [-0.25, -0.2) is 0 Å². The zero-order chi connectivity index (χ0) is 17.3. The van der Waals surface area contributed by atoms with E-state index in [4.69, 9.17) is 0 Å². The second kappa shape index (κ2) is 9.64. The van der Waals surface area contributed by atoms with Crippen molar-refractivity contribution in [2.75, 3.05) is 24.6 Å². The first kappa shape index (κ1) is 18.0. The van der Waals surface area contributed by atoms with Crippen molar-refractivity contribution in [2.45, 2.75) is 24.8 Å². The van der Waals surface area contributed by atoms with Crippen molar-refractivity contribution in [1.29, 1.82) is 0 Å². The molecule has 1 saturated heterocycles. The van der Waals surface area contributed by atoms with Gasteiger partial charge < -0.3 is 10.6 Å². The molecule has 4 heteroatoms. The van der Waals surface area contributed by atoms with Crippen molar-refractivity contribution >= 4 is 17.7 Å². The van der Waals surface area contributed by atoms with Crippen LogP contribution in [0.1, 0.15) is 23.5 Å². The molecule has 2 aromatic rings. The van der Waals surface area contributed by atoms with Crippen molar-refractivity contribution in [2.24, 2.45) is 0 Å².